The van der Waals surface area contributed by atoms with Crippen molar-refractivity contribution in [3.8, 4) is 0 Å². The SMILES string of the molecule is CC(C)(C(=O)O)c1ccc(CCCN2CCC(=C3c4ccc(Cl)cc4CCc4cccnc43)CC2)cc1C(F)(F)F. The molecule has 1 aliphatic heterocycles. The van der Waals surface area contributed by atoms with Crippen molar-refractivity contribution in [3.05, 3.63) is 104 Å². The van der Waals surface area contributed by atoms with Crippen LogP contribution in [0.5, 0.6) is 0 Å². The first-order valence-electron chi connectivity index (χ1n) is 14.1. The summed E-state index contributed by atoms with van der Waals surface area (Å²) in [4.78, 5) is 18.8. The van der Waals surface area contributed by atoms with Crippen molar-refractivity contribution >= 4 is 23.1 Å². The van der Waals surface area contributed by atoms with Crippen molar-refractivity contribution in [2.75, 3.05) is 19.6 Å². The normalized spacial score (nSPS) is 16.2. The van der Waals surface area contributed by atoms with Gasteiger partial charge in [0.25, 0.3) is 0 Å². The number of alkyl halides is 3. The Morgan fingerprint density at radius 2 is 1.71 bits per heavy atom. The molecule has 0 atom stereocenters. The average molecular weight is 583 g/mol. The number of rotatable bonds is 6. The van der Waals surface area contributed by atoms with Gasteiger partial charge < -0.3 is 10.0 Å². The number of nitrogens with zero attached hydrogens (tertiary/aromatic N) is 2. The number of carboxylic acid groups (broad SMARTS) is 1. The van der Waals surface area contributed by atoms with Crippen molar-refractivity contribution < 1.29 is 23.1 Å². The number of aromatic nitrogens is 1. The fourth-order valence-corrected chi connectivity index (χ4v) is 6.27. The molecule has 1 N–H and O–H groups in total. The van der Waals surface area contributed by atoms with Crippen molar-refractivity contribution in [2.45, 2.75) is 64.0 Å². The minimum absolute atomic E-state index is 0.212. The maximum atomic E-state index is 13.8. The van der Waals surface area contributed by atoms with Gasteiger partial charge >= 0.3 is 12.1 Å². The quantitative estimate of drug-likeness (QED) is 0.323. The monoisotopic (exact) mass is 582 g/mol. The van der Waals surface area contributed by atoms with Gasteiger partial charge in [-0.25, -0.2) is 0 Å². The number of carboxylic acids is 1. The lowest BCUT2D eigenvalue weighted by molar-refractivity contribution is -0.144. The van der Waals surface area contributed by atoms with E-state index < -0.39 is 23.1 Å². The number of fused-ring (bicyclic) bond motifs is 2. The van der Waals surface area contributed by atoms with Crippen LogP contribution in [0, 0.1) is 0 Å². The number of halogens is 4. The summed E-state index contributed by atoms with van der Waals surface area (Å²) in [5, 5.41) is 10.2. The lowest BCUT2D eigenvalue weighted by Gasteiger charge is -2.30. The minimum atomic E-state index is -4.62. The zero-order chi connectivity index (χ0) is 29.4. The topological polar surface area (TPSA) is 53.4 Å². The molecule has 0 amide bonds. The first-order chi connectivity index (χ1) is 19.4. The molecule has 1 aliphatic carbocycles. The maximum absolute atomic E-state index is 13.8. The molecule has 0 spiro atoms. The molecular formula is C33H34ClF3N2O2. The second-order valence-electron chi connectivity index (χ2n) is 11.5. The van der Waals surface area contributed by atoms with Gasteiger partial charge in [0.05, 0.1) is 16.7 Å². The van der Waals surface area contributed by atoms with Crippen molar-refractivity contribution in [2.24, 2.45) is 0 Å². The Balaban J connectivity index is 1.28. The Bertz CT molecular complexity index is 1490. The van der Waals surface area contributed by atoms with Gasteiger partial charge in [0.1, 0.15) is 0 Å². The van der Waals surface area contributed by atoms with E-state index in [9.17, 15) is 23.1 Å². The summed E-state index contributed by atoms with van der Waals surface area (Å²) in [6.45, 7) is 5.15. The zero-order valence-corrected chi connectivity index (χ0v) is 24.1. The molecule has 0 unspecified atom stereocenters. The number of aryl methyl sites for hydroxylation is 3. The first-order valence-corrected chi connectivity index (χ1v) is 14.4. The van der Waals surface area contributed by atoms with Gasteiger partial charge in [-0.3, -0.25) is 9.78 Å². The molecule has 5 rings (SSSR count). The summed E-state index contributed by atoms with van der Waals surface area (Å²) < 4.78 is 41.5. The Hall–Kier alpha value is -3.16. The third-order valence-corrected chi connectivity index (χ3v) is 8.71. The van der Waals surface area contributed by atoms with Crippen molar-refractivity contribution in [3.63, 3.8) is 0 Å². The molecule has 2 heterocycles. The number of hydrogen-bond donors (Lipinski definition) is 1. The summed E-state index contributed by atoms with van der Waals surface area (Å²) in [5.41, 5.74) is 5.25. The van der Waals surface area contributed by atoms with E-state index in [-0.39, 0.29) is 5.56 Å². The fourth-order valence-electron chi connectivity index (χ4n) is 6.08. The second-order valence-corrected chi connectivity index (χ2v) is 12.0. The minimum Gasteiger partial charge on any atom is -0.481 e. The molecule has 1 aromatic heterocycles. The summed E-state index contributed by atoms with van der Waals surface area (Å²) in [7, 11) is 0. The van der Waals surface area contributed by atoms with E-state index >= 15 is 0 Å². The number of benzene rings is 2. The van der Waals surface area contributed by atoms with Gasteiger partial charge in [-0.1, -0.05) is 41.4 Å². The second kappa shape index (κ2) is 11.6. The molecule has 2 aromatic carbocycles. The molecule has 3 aromatic rings. The fraction of sp³-hybridized carbons (Fsp3) is 0.394. The highest BCUT2D eigenvalue weighted by Crippen LogP contribution is 2.40. The third-order valence-electron chi connectivity index (χ3n) is 8.48. The van der Waals surface area contributed by atoms with Crippen LogP contribution in [-0.2, 0) is 35.6 Å². The van der Waals surface area contributed by atoms with E-state index in [0.717, 1.165) is 68.5 Å². The summed E-state index contributed by atoms with van der Waals surface area (Å²) in [5.74, 6) is -1.29. The van der Waals surface area contributed by atoms with Crippen LogP contribution in [0.2, 0.25) is 5.02 Å². The van der Waals surface area contributed by atoms with Gasteiger partial charge in [-0.15, -0.1) is 0 Å². The molecule has 0 radical (unpaired) electrons. The molecule has 1 fully saturated rings. The molecule has 4 nitrogen and oxygen atoms in total. The molecule has 2 aliphatic rings. The maximum Gasteiger partial charge on any atom is 0.416 e. The van der Waals surface area contributed by atoms with Crippen LogP contribution >= 0.6 is 11.6 Å². The van der Waals surface area contributed by atoms with Crippen molar-refractivity contribution in [1.29, 1.82) is 0 Å². The highest BCUT2D eigenvalue weighted by Gasteiger charge is 2.41. The van der Waals surface area contributed by atoms with Gasteiger partial charge in [-0.05, 0) is 111 Å². The highest BCUT2D eigenvalue weighted by atomic mass is 35.5. The highest BCUT2D eigenvalue weighted by molar-refractivity contribution is 6.30. The first kappa shape index (κ1) is 29.3. The van der Waals surface area contributed by atoms with E-state index in [2.05, 4.69) is 23.1 Å². The van der Waals surface area contributed by atoms with Gasteiger partial charge in [0, 0.05) is 29.9 Å². The lowest BCUT2D eigenvalue weighted by Crippen LogP contribution is -2.32. The molecule has 216 valence electrons. The van der Waals surface area contributed by atoms with Crippen molar-refractivity contribution in [1.82, 2.24) is 9.88 Å². The lowest BCUT2D eigenvalue weighted by atomic mass is 9.81. The number of likely N-dealkylation sites (tertiary alicyclic amines) is 1. The number of piperidine rings is 1. The molecule has 8 heteroatoms. The number of pyridine rings is 1. The molecular weight excluding hydrogens is 549 g/mol. The Labute approximate surface area is 243 Å². The van der Waals surface area contributed by atoms with Crippen LogP contribution in [0.1, 0.15) is 72.2 Å². The van der Waals surface area contributed by atoms with Gasteiger partial charge in [-0.2, -0.15) is 13.2 Å². The van der Waals surface area contributed by atoms with Crippen LogP contribution in [0.4, 0.5) is 13.2 Å². The van der Waals surface area contributed by atoms with Crippen LogP contribution in [-0.4, -0.2) is 40.6 Å². The smallest absolute Gasteiger partial charge is 0.416 e. The Kier molecular flexibility index (Phi) is 8.31. The summed E-state index contributed by atoms with van der Waals surface area (Å²) in [6, 6.07) is 14.4. The van der Waals surface area contributed by atoms with E-state index in [0.29, 0.717) is 12.0 Å². The van der Waals surface area contributed by atoms with Gasteiger partial charge in [0.2, 0.25) is 0 Å². The van der Waals surface area contributed by atoms with Gasteiger partial charge in [0.15, 0.2) is 0 Å². The van der Waals surface area contributed by atoms with E-state index in [1.807, 2.05) is 18.3 Å². The average Bonchev–Trinajstić information content (AvgIpc) is 3.09. The Morgan fingerprint density at radius 1 is 0.976 bits per heavy atom. The number of hydrogen-bond acceptors (Lipinski definition) is 3. The Morgan fingerprint density at radius 3 is 2.41 bits per heavy atom. The van der Waals surface area contributed by atoms with E-state index in [1.54, 1.807) is 6.07 Å². The standard InChI is InChI=1S/C33H34ClF3N2O2/c1-32(2,31(40)41)27-12-7-21(19-28(27)33(35,36)37)5-4-16-39-17-13-22(14-18-39)29-26-11-10-25(34)20-24(26)9-8-23-6-3-15-38-30(23)29/h3,6-7,10-12,15,19-20H,4-5,8-9,13-14,16-18H2,1-2H3,(H,40,41). The molecule has 1 saturated heterocycles. The number of aliphatic carboxylic acids is 1. The molecule has 41 heavy (non-hydrogen) atoms. The zero-order valence-electron chi connectivity index (χ0n) is 23.3. The predicted molar refractivity (Wildman–Crippen MR) is 155 cm³/mol. The van der Waals surface area contributed by atoms with Crippen LogP contribution in [0.25, 0.3) is 5.57 Å². The molecule has 0 saturated carbocycles. The third kappa shape index (κ3) is 6.21. The van der Waals surface area contributed by atoms with E-state index in [4.69, 9.17) is 16.6 Å². The van der Waals surface area contributed by atoms with E-state index in [1.165, 1.54) is 47.8 Å². The number of carbonyl (C=O) groups is 1. The molecule has 0 bridgehead atoms. The summed E-state index contributed by atoms with van der Waals surface area (Å²) >= 11 is 6.34. The summed E-state index contributed by atoms with van der Waals surface area (Å²) in [6.07, 6.45) is 2.10. The predicted octanol–water partition coefficient (Wildman–Crippen LogP) is 7.75. The largest absolute Gasteiger partial charge is 0.481 e. The van der Waals surface area contributed by atoms with Crippen LogP contribution in [0.3, 0.4) is 0 Å². The van der Waals surface area contributed by atoms with Crippen LogP contribution in [0.15, 0.2) is 60.3 Å². The van der Waals surface area contributed by atoms with Crippen LogP contribution < -0.4 is 0 Å².